The second-order valence-corrected chi connectivity index (χ2v) is 11.7. The molecule has 6 nitrogen and oxygen atoms in total. The van der Waals surface area contributed by atoms with Gasteiger partial charge in [0.25, 0.3) is 0 Å². The highest BCUT2D eigenvalue weighted by atomic mass is 16.7. The van der Waals surface area contributed by atoms with E-state index in [2.05, 4.69) is 13.8 Å². The number of carbonyl (C=O) groups is 2. The van der Waals surface area contributed by atoms with Crippen LogP contribution in [-0.4, -0.2) is 44.2 Å². The maximum Gasteiger partial charge on any atom is 0.338 e. The second kappa shape index (κ2) is 22.6. The average Bonchev–Trinajstić information content (AvgIpc) is 3.00. The van der Waals surface area contributed by atoms with Gasteiger partial charge in [0.1, 0.15) is 6.10 Å². The van der Waals surface area contributed by atoms with Crippen molar-refractivity contribution in [2.24, 2.45) is 5.92 Å². The van der Waals surface area contributed by atoms with Gasteiger partial charge in [-0.3, -0.25) is 4.79 Å². The lowest BCUT2D eigenvalue weighted by atomic mass is 9.90. The van der Waals surface area contributed by atoms with Crippen LogP contribution < -0.4 is 0 Å². The summed E-state index contributed by atoms with van der Waals surface area (Å²) in [4.78, 5) is 26.3. The molecule has 0 radical (unpaired) electrons. The molecule has 6 heteroatoms. The maximum atomic E-state index is 13.2. The highest BCUT2D eigenvalue weighted by Gasteiger charge is 2.35. The fourth-order valence-corrected chi connectivity index (χ4v) is 5.69. The van der Waals surface area contributed by atoms with Crippen molar-refractivity contribution in [3.05, 3.63) is 35.9 Å². The number of benzene rings is 1. The van der Waals surface area contributed by atoms with Crippen molar-refractivity contribution in [2.45, 2.75) is 154 Å². The molecule has 1 aliphatic rings. The van der Waals surface area contributed by atoms with Gasteiger partial charge in [-0.05, 0) is 44.2 Å². The molecular weight excluding hydrogens is 516 g/mol. The first kappa shape index (κ1) is 35.3. The van der Waals surface area contributed by atoms with E-state index in [1.54, 1.807) is 12.1 Å². The Morgan fingerprint density at radius 2 is 1.44 bits per heavy atom. The van der Waals surface area contributed by atoms with Crippen molar-refractivity contribution in [3.8, 4) is 0 Å². The van der Waals surface area contributed by atoms with E-state index in [-0.39, 0.29) is 18.4 Å². The number of carbonyl (C=O) groups excluding carboxylic acids is 2. The van der Waals surface area contributed by atoms with E-state index in [9.17, 15) is 9.59 Å². The molecule has 0 N–H and O–H groups in total. The summed E-state index contributed by atoms with van der Waals surface area (Å²) in [5.41, 5.74) is 0.485. The minimum atomic E-state index is -0.621. The molecule has 0 amide bonds. The number of rotatable bonds is 23. The Balaban J connectivity index is 2.10. The third-order valence-electron chi connectivity index (χ3n) is 8.20. The number of hydrogen-bond acceptors (Lipinski definition) is 6. The lowest BCUT2D eigenvalue weighted by Gasteiger charge is -2.32. The average molecular weight is 575 g/mol. The summed E-state index contributed by atoms with van der Waals surface area (Å²) in [6, 6.07) is 9.02. The van der Waals surface area contributed by atoms with E-state index in [0.29, 0.717) is 25.0 Å². The Morgan fingerprint density at radius 1 is 0.829 bits per heavy atom. The summed E-state index contributed by atoms with van der Waals surface area (Å²) >= 11 is 0. The zero-order chi connectivity index (χ0) is 29.5. The summed E-state index contributed by atoms with van der Waals surface area (Å²) in [5, 5.41) is 0. The monoisotopic (exact) mass is 574 g/mol. The third kappa shape index (κ3) is 15.2. The largest absolute Gasteiger partial charge is 0.469 e. The molecule has 41 heavy (non-hydrogen) atoms. The quantitative estimate of drug-likeness (QED) is 0.0958. The number of hydrogen-bond donors (Lipinski definition) is 0. The van der Waals surface area contributed by atoms with Gasteiger partial charge in [0.05, 0.1) is 24.7 Å². The minimum Gasteiger partial charge on any atom is -0.469 e. The van der Waals surface area contributed by atoms with Crippen molar-refractivity contribution >= 4 is 11.9 Å². The van der Waals surface area contributed by atoms with E-state index in [1.165, 1.54) is 52.1 Å². The number of methoxy groups -OCH3 is 1. The van der Waals surface area contributed by atoms with Gasteiger partial charge >= 0.3 is 11.9 Å². The van der Waals surface area contributed by atoms with Crippen LogP contribution in [-0.2, 0) is 23.7 Å². The summed E-state index contributed by atoms with van der Waals surface area (Å²) in [6.07, 6.45) is 19.4. The van der Waals surface area contributed by atoms with Gasteiger partial charge in [0.2, 0.25) is 0 Å². The maximum absolute atomic E-state index is 13.2. The van der Waals surface area contributed by atoms with E-state index >= 15 is 0 Å². The first-order valence-corrected chi connectivity index (χ1v) is 16.7. The van der Waals surface area contributed by atoms with Gasteiger partial charge in [-0.2, -0.15) is 0 Å². The van der Waals surface area contributed by atoms with E-state index in [0.717, 1.165) is 64.2 Å². The first-order chi connectivity index (χ1) is 20.1. The molecule has 1 fully saturated rings. The first-order valence-electron chi connectivity index (χ1n) is 16.7. The predicted octanol–water partition coefficient (Wildman–Crippen LogP) is 9.19. The minimum absolute atomic E-state index is 0.154. The fraction of sp³-hybridized carbons (Fsp3) is 0.771. The molecule has 1 saturated heterocycles. The Hall–Kier alpha value is -1.92. The van der Waals surface area contributed by atoms with E-state index < -0.39 is 18.0 Å². The predicted molar refractivity (Wildman–Crippen MR) is 165 cm³/mol. The molecule has 2 rings (SSSR count). The van der Waals surface area contributed by atoms with Crippen LogP contribution in [0.1, 0.15) is 146 Å². The Kier molecular flexibility index (Phi) is 19.5. The van der Waals surface area contributed by atoms with E-state index in [1.807, 2.05) is 18.2 Å². The van der Waals surface area contributed by atoms with Crippen LogP contribution in [0, 0.1) is 5.92 Å². The van der Waals surface area contributed by atoms with Crippen molar-refractivity contribution in [2.75, 3.05) is 13.7 Å². The molecule has 1 heterocycles. The zero-order valence-corrected chi connectivity index (χ0v) is 26.3. The van der Waals surface area contributed by atoms with Crippen LogP contribution in [0.15, 0.2) is 30.3 Å². The van der Waals surface area contributed by atoms with Crippen LogP contribution in [0.2, 0.25) is 0 Å². The summed E-state index contributed by atoms with van der Waals surface area (Å²) in [5.74, 6) is -1.25. The van der Waals surface area contributed by atoms with Crippen LogP contribution in [0.3, 0.4) is 0 Å². The van der Waals surface area contributed by atoms with Gasteiger partial charge in [0.15, 0.2) is 6.29 Å². The smallest absolute Gasteiger partial charge is 0.338 e. The van der Waals surface area contributed by atoms with Crippen molar-refractivity contribution < 1.29 is 28.5 Å². The fourth-order valence-electron chi connectivity index (χ4n) is 5.69. The Bertz CT molecular complexity index is 791. The molecule has 0 aromatic heterocycles. The van der Waals surface area contributed by atoms with Crippen molar-refractivity contribution in [1.29, 1.82) is 0 Å². The molecule has 1 unspecified atom stereocenters. The second-order valence-electron chi connectivity index (χ2n) is 11.7. The highest BCUT2D eigenvalue weighted by molar-refractivity contribution is 5.89. The zero-order valence-electron chi connectivity index (χ0n) is 26.3. The summed E-state index contributed by atoms with van der Waals surface area (Å²) in [7, 11) is 1.42. The number of ether oxygens (including phenoxy) is 4. The molecule has 1 aromatic carbocycles. The van der Waals surface area contributed by atoms with Crippen molar-refractivity contribution in [3.63, 3.8) is 0 Å². The number of unbranched alkanes of at least 4 members (excludes halogenated alkanes) is 11. The van der Waals surface area contributed by atoms with Gasteiger partial charge in [-0.1, -0.05) is 116 Å². The molecule has 0 bridgehead atoms. The molecule has 0 spiro atoms. The molecule has 4 atom stereocenters. The van der Waals surface area contributed by atoms with E-state index in [4.69, 9.17) is 18.9 Å². The van der Waals surface area contributed by atoms with Crippen molar-refractivity contribution in [1.82, 2.24) is 0 Å². The lowest BCUT2D eigenvalue weighted by Crippen LogP contribution is -2.38. The molecule has 234 valence electrons. The van der Waals surface area contributed by atoms with Gasteiger partial charge in [0, 0.05) is 13.0 Å². The van der Waals surface area contributed by atoms with Gasteiger partial charge in [-0.25, -0.2) is 4.79 Å². The molecular formula is C35H58O6. The van der Waals surface area contributed by atoms with Crippen LogP contribution in [0.25, 0.3) is 0 Å². The van der Waals surface area contributed by atoms with Crippen LogP contribution in [0.5, 0.6) is 0 Å². The Labute approximate surface area is 250 Å². The van der Waals surface area contributed by atoms with Gasteiger partial charge < -0.3 is 18.9 Å². The lowest BCUT2D eigenvalue weighted by molar-refractivity contribution is -0.196. The molecule has 0 saturated carbocycles. The SMILES string of the molecule is CCCCCCCCCCC[C@H](C[C@H](OC(=O)c1ccccc1)[C@H](CCCCCC)C(=O)OC)OC1CCCCO1. The normalized spacial score (nSPS) is 17.5. The highest BCUT2D eigenvalue weighted by Crippen LogP contribution is 2.28. The molecule has 1 aliphatic heterocycles. The molecule has 0 aliphatic carbocycles. The third-order valence-corrected chi connectivity index (χ3v) is 8.20. The standard InChI is InChI=1S/C35H58O6/c1-4-6-8-10-11-12-13-14-18-24-30(40-33-26-20-21-27-39-33)28-32(41-34(36)29-22-16-15-17-23-29)31(35(37)38-3)25-19-9-7-5-2/h15-17,22-23,30-33H,4-14,18-21,24-28H2,1-3H3/t30-,31+,32+,33?/m1/s1. The van der Waals surface area contributed by atoms with Gasteiger partial charge in [-0.15, -0.1) is 0 Å². The van der Waals surface area contributed by atoms with Crippen LogP contribution >= 0.6 is 0 Å². The summed E-state index contributed by atoms with van der Waals surface area (Å²) in [6.45, 7) is 5.14. The van der Waals surface area contributed by atoms with Crippen LogP contribution in [0.4, 0.5) is 0 Å². The topological polar surface area (TPSA) is 71.1 Å². The number of esters is 2. The molecule has 1 aromatic rings. The Morgan fingerprint density at radius 3 is 2.05 bits per heavy atom. The summed E-state index contributed by atoms with van der Waals surface area (Å²) < 4.78 is 23.8.